The van der Waals surface area contributed by atoms with Gasteiger partial charge in [-0.25, -0.2) is 4.39 Å². The number of hydrogen-bond acceptors (Lipinski definition) is 5. The Balaban J connectivity index is 1.68. The van der Waals surface area contributed by atoms with Gasteiger partial charge in [-0.05, 0) is 53.5 Å². The van der Waals surface area contributed by atoms with Crippen molar-refractivity contribution in [3.05, 3.63) is 88.5 Å². The molecular formula is C27H25FN2O4. The number of nitrogens with one attached hydrogen (secondary N) is 1. The highest BCUT2D eigenvalue weighted by Crippen LogP contribution is 2.44. The number of phenols is 1. The Morgan fingerprint density at radius 1 is 1.12 bits per heavy atom. The zero-order valence-corrected chi connectivity index (χ0v) is 19.2. The van der Waals surface area contributed by atoms with Crippen LogP contribution >= 0.6 is 0 Å². The first kappa shape index (κ1) is 23.0. The summed E-state index contributed by atoms with van der Waals surface area (Å²) in [6, 6.07) is 14.4. The molecule has 0 unspecified atom stereocenters. The molecule has 7 heteroatoms. The van der Waals surface area contributed by atoms with Crippen LogP contribution < -0.4 is 14.8 Å². The number of halogens is 1. The van der Waals surface area contributed by atoms with Crippen LogP contribution in [0.3, 0.4) is 0 Å². The van der Waals surface area contributed by atoms with E-state index >= 15 is 0 Å². The maximum atomic E-state index is 14.1. The van der Waals surface area contributed by atoms with Crippen molar-refractivity contribution in [1.82, 2.24) is 10.3 Å². The lowest BCUT2D eigenvalue weighted by Gasteiger charge is -2.10. The fourth-order valence-electron chi connectivity index (χ4n) is 4.01. The minimum Gasteiger partial charge on any atom is -0.502 e. The molecule has 34 heavy (non-hydrogen) atoms. The number of allylic oxidation sites excluding steroid dienone is 2. The van der Waals surface area contributed by atoms with Crippen molar-refractivity contribution in [2.45, 2.75) is 19.9 Å². The summed E-state index contributed by atoms with van der Waals surface area (Å²) < 4.78 is 24.6. The molecule has 0 fully saturated rings. The van der Waals surface area contributed by atoms with Crippen molar-refractivity contribution in [3.63, 3.8) is 0 Å². The highest BCUT2D eigenvalue weighted by atomic mass is 19.1. The molecule has 0 radical (unpaired) electrons. The minimum atomic E-state index is -0.469. The van der Waals surface area contributed by atoms with Crippen molar-refractivity contribution < 1.29 is 23.8 Å². The zero-order chi connectivity index (χ0) is 24.2. The highest BCUT2D eigenvalue weighted by molar-refractivity contribution is 6.07. The predicted octanol–water partition coefficient (Wildman–Crippen LogP) is 4.98. The van der Waals surface area contributed by atoms with Crippen molar-refractivity contribution in [2.24, 2.45) is 0 Å². The molecule has 174 valence electrons. The summed E-state index contributed by atoms with van der Waals surface area (Å²) in [6.45, 7) is 2.30. The Bertz CT molecular complexity index is 1270. The van der Waals surface area contributed by atoms with Crippen molar-refractivity contribution in [2.75, 3.05) is 14.2 Å². The van der Waals surface area contributed by atoms with E-state index in [2.05, 4.69) is 10.3 Å². The van der Waals surface area contributed by atoms with Crippen LogP contribution in [0.1, 0.15) is 35.7 Å². The average molecular weight is 461 g/mol. The minimum absolute atomic E-state index is 0.0936. The second-order valence-corrected chi connectivity index (χ2v) is 7.92. The van der Waals surface area contributed by atoms with Gasteiger partial charge in [-0.15, -0.1) is 0 Å². The summed E-state index contributed by atoms with van der Waals surface area (Å²) >= 11 is 0. The first-order valence-corrected chi connectivity index (χ1v) is 10.7. The van der Waals surface area contributed by atoms with Crippen LogP contribution in [0.5, 0.6) is 17.2 Å². The zero-order valence-electron chi connectivity index (χ0n) is 19.2. The lowest BCUT2D eigenvalue weighted by molar-refractivity contribution is -0.120. The number of aromatic nitrogens is 1. The molecule has 1 aliphatic rings. The van der Waals surface area contributed by atoms with E-state index in [1.54, 1.807) is 12.1 Å². The largest absolute Gasteiger partial charge is 0.502 e. The molecule has 6 nitrogen and oxygen atoms in total. The number of phenolic OH excluding ortho intramolecular Hbond substituents is 1. The van der Waals surface area contributed by atoms with Gasteiger partial charge in [0.15, 0.2) is 11.5 Å². The topological polar surface area (TPSA) is 80.7 Å². The summed E-state index contributed by atoms with van der Waals surface area (Å²) in [5.74, 6) is -0.204. The number of carbonyl (C=O) groups is 1. The molecule has 0 spiro atoms. The number of methoxy groups -OCH3 is 2. The number of aromatic hydroxyl groups is 1. The fourth-order valence-corrected chi connectivity index (χ4v) is 4.01. The summed E-state index contributed by atoms with van der Waals surface area (Å²) in [5.41, 5.74) is 5.19. The van der Waals surface area contributed by atoms with Crippen molar-refractivity contribution >= 4 is 23.1 Å². The van der Waals surface area contributed by atoms with E-state index in [-0.39, 0.29) is 29.6 Å². The monoisotopic (exact) mass is 460 g/mol. The van der Waals surface area contributed by atoms with Gasteiger partial charge in [0.2, 0.25) is 11.7 Å². The first-order chi connectivity index (χ1) is 16.4. The summed E-state index contributed by atoms with van der Waals surface area (Å²) in [7, 11) is 2.91. The van der Waals surface area contributed by atoms with Gasteiger partial charge in [0.25, 0.3) is 0 Å². The van der Waals surface area contributed by atoms with E-state index in [1.165, 1.54) is 20.3 Å². The van der Waals surface area contributed by atoms with Crippen molar-refractivity contribution in [1.29, 1.82) is 0 Å². The molecule has 1 amide bonds. The normalized spacial score (nSPS) is 13.7. The van der Waals surface area contributed by atoms with Crippen LogP contribution in [0, 0.1) is 5.82 Å². The Hall–Kier alpha value is -4.13. The quantitative estimate of drug-likeness (QED) is 0.520. The second kappa shape index (κ2) is 9.79. The molecular weight excluding hydrogens is 435 g/mol. The third-order valence-corrected chi connectivity index (χ3v) is 5.77. The van der Waals surface area contributed by atoms with Crippen molar-refractivity contribution in [3.8, 4) is 17.2 Å². The number of pyridine rings is 1. The Labute approximate surface area is 197 Å². The van der Waals surface area contributed by atoms with E-state index in [4.69, 9.17) is 9.47 Å². The molecule has 3 aromatic rings. The SMILES string of the molecule is COc1cc(C=C2C(C)=C(CC(=O)NCc3ccccc3)c3cc(F)cnc32)cc(OC)c1O. The fraction of sp³-hybridized carbons (Fsp3) is 0.185. The second-order valence-electron chi connectivity index (χ2n) is 7.92. The third-order valence-electron chi connectivity index (χ3n) is 5.77. The van der Waals surface area contributed by atoms with Crippen LogP contribution in [0.2, 0.25) is 0 Å². The van der Waals surface area contributed by atoms with Gasteiger partial charge in [0.05, 0.1) is 32.5 Å². The maximum absolute atomic E-state index is 14.1. The van der Waals surface area contributed by atoms with Crippen LogP contribution in [-0.4, -0.2) is 30.2 Å². The van der Waals surface area contributed by atoms with Gasteiger partial charge in [-0.2, -0.15) is 0 Å². The molecule has 4 rings (SSSR count). The molecule has 1 aliphatic carbocycles. The number of benzene rings is 2. The molecule has 2 aromatic carbocycles. The molecule has 1 aromatic heterocycles. The van der Waals surface area contributed by atoms with Crippen LogP contribution in [0.15, 0.2) is 60.3 Å². The Kier molecular flexibility index (Phi) is 6.63. The van der Waals surface area contributed by atoms with Gasteiger partial charge in [0, 0.05) is 17.7 Å². The number of ether oxygens (including phenoxy) is 2. The molecule has 0 atom stereocenters. The Morgan fingerprint density at radius 2 is 1.79 bits per heavy atom. The van der Waals surface area contributed by atoms with Gasteiger partial charge in [-0.3, -0.25) is 9.78 Å². The van der Waals surface area contributed by atoms with E-state index in [9.17, 15) is 14.3 Å². The van der Waals surface area contributed by atoms with E-state index in [1.807, 2.05) is 43.3 Å². The molecule has 2 N–H and O–H groups in total. The Morgan fingerprint density at radius 3 is 2.44 bits per heavy atom. The molecule has 0 saturated heterocycles. The van der Waals surface area contributed by atoms with Gasteiger partial charge in [-0.1, -0.05) is 30.3 Å². The molecule has 0 bridgehead atoms. The van der Waals surface area contributed by atoms with E-state index in [0.717, 1.165) is 28.5 Å². The number of carbonyl (C=O) groups excluding carboxylic acids is 1. The van der Waals surface area contributed by atoms with Gasteiger partial charge in [0.1, 0.15) is 5.82 Å². The average Bonchev–Trinajstić information content (AvgIpc) is 3.09. The summed E-state index contributed by atoms with van der Waals surface area (Å²) in [4.78, 5) is 17.1. The molecule has 0 aliphatic heterocycles. The van der Waals surface area contributed by atoms with Gasteiger partial charge < -0.3 is 19.9 Å². The summed E-state index contributed by atoms with van der Waals surface area (Å²) in [6.07, 6.45) is 3.12. The highest BCUT2D eigenvalue weighted by Gasteiger charge is 2.27. The number of rotatable bonds is 7. The number of nitrogens with zero attached hydrogens (tertiary/aromatic N) is 1. The number of fused-ring (bicyclic) bond motifs is 1. The lowest BCUT2D eigenvalue weighted by atomic mass is 10.0. The standard InChI is InChI=1S/C27H25FN2O4/c1-16-20(13-25(31)29-14-17-7-5-4-6-8-17)22-12-19(28)15-30-26(22)21(16)9-18-10-23(33-2)27(32)24(11-18)34-3/h4-12,15,32H,13-14H2,1-3H3,(H,29,31). The lowest BCUT2D eigenvalue weighted by Crippen LogP contribution is -2.22. The van der Waals surface area contributed by atoms with Crippen LogP contribution in [-0.2, 0) is 11.3 Å². The van der Waals surface area contributed by atoms with Crippen LogP contribution in [0.25, 0.3) is 17.2 Å². The number of hydrogen-bond donors (Lipinski definition) is 2. The predicted molar refractivity (Wildman–Crippen MR) is 129 cm³/mol. The van der Waals surface area contributed by atoms with E-state index in [0.29, 0.717) is 23.4 Å². The third kappa shape index (κ3) is 4.64. The molecule has 0 saturated carbocycles. The number of amides is 1. The maximum Gasteiger partial charge on any atom is 0.224 e. The first-order valence-electron chi connectivity index (χ1n) is 10.7. The van der Waals surface area contributed by atoms with E-state index < -0.39 is 5.82 Å². The van der Waals surface area contributed by atoms with Crippen LogP contribution in [0.4, 0.5) is 4.39 Å². The molecule has 1 heterocycles. The summed E-state index contributed by atoms with van der Waals surface area (Å²) in [5, 5.41) is 13.1. The smallest absolute Gasteiger partial charge is 0.224 e. The van der Waals surface area contributed by atoms with Gasteiger partial charge >= 0.3 is 0 Å².